The number of hydrogen-bond donors (Lipinski definition) is 1. The average Bonchev–Trinajstić information content (AvgIpc) is 3.21. The summed E-state index contributed by atoms with van der Waals surface area (Å²) in [4.78, 5) is 15.6. The van der Waals surface area contributed by atoms with Crippen molar-refractivity contribution in [3.63, 3.8) is 0 Å². The minimum Gasteiger partial charge on any atom is -0.383 e. The smallest absolute Gasteiger partial charge is 0.146 e. The summed E-state index contributed by atoms with van der Waals surface area (Å²) in [7, 11) is 0. The first-order valence-corrected chi connectivity index (χ1v) is 9.62. The van der Waals surface area contributed by atoms with Gasteiger partial charge >= 0.3 is 0 Å². The third kappa shape index (κ3) is 2.65. The summed E-state index contributed by atoms with van der Waals surface area (Å²) in [5.41, 5.74) is 7.43. The third-order valence-corrected chi connectivity index (χ3v) is 6.76. The molecule has 2 N–H and O–H groups in total. The molecule has 0 spiro atoms. The van der Waals surface area contributed by atoms with E-state index in [2.05, 4.69) is 41.2 Å². The van der Waals surface area contributed by atoms with Gasteiger partial charge in [0.1, 0.15) is 16.5 Å². The Bertz CT molecular complexity index is 838. The summed E-state index contributed by atoms with van der Waals surface area (Å²) in [5, 5.41) is 3.19. The van der Waals surface area contributed by atoms with Crippen LogP contribution in [0.25, 0.3) is 10.2 Å². The van der Waals surface area contributed by atoms with Crippen LogP contribution in [0.3, 0.4) is 0 Å². The molecule has 1 aliphatic heterocycles. The average molecular weight is 345 g/mol. The number of thiophene rings is 2. The molecule has 1 saturated heterocycles. The number of anilines is 1. The Balaban J connectivity index is 1.65. The molecule has 0 aliphatic carbocycles. The molecule has 120 valence electrons. The quantitative estimate of drug-likeness (QED) is 0.770. The van der Waals surface area contributed by atoms with Crippen molar-refractivity contribution in [2.24, 2.45) is 0 Å². The van der Waals surface area contributed by atoms with Gasteiger partial charge in [-0.2, -0.15) is 0 Å². The molecule has 1 aliphatic rings. The first-order chi connectivity index (χ1) is 11.1. The molecule has 4 heterocycles. The van der Waals surface area contributed by atoms with Gasteiger partial charge in [-0.05, 0) is 50.2 Å². The molecule has 4 nitrogen and oxygen atoms in total. The zero-order chi connectivity index (χ0) is 16.0. The molecule has 4 rings (SSSR count). The van der Waals surface area contributed by atoms with Crippen LogP contribution in [0.5, 0.6) is 0 Å². The molecule has 1 fully saturated rings. The largest absolute Gasteiger partial charge is 0.383 e. The topological polar surface area (TPSA) is 55.0 Å². The molecule has 1 atom stereocenters. The van der Waals surface area contributed by atoms with E-state index in [4.69, 9.17) is 10.7 Å². The van der Waals surface area contributed by atoms with Crippen molar-refractivity contribution in [1.82, 2.24) is 14.9 Å². The second kappa shape index (κ2) is 5.85. The fourth-order valence-electron chi connectivity index (χ4n) is 3.40. The summed E-state index contributed by atoms with van der Waals surface area (Å²) < 4.78 is 0. The van der Waals surface area contributed by atoms with Crippen molar-refractivity contribution in [3.05, 3.63) is 38.7 Å². The summed E-state index contributed by atoms with van der Waals surface area (Å²) in [6.07, 6.45) is 2.45. The highest BCUT2D eigenvalue weighted by Crippen LogP contribution is 2.36. The summed E-state index contributed by atoms with van der Waals surface area (Å²) in [6.45, 7) is 6.10. The van der Waals surface area contributed by atoms with Gasteiger partial charge in [0, 0.05) is 15.8 Å². The molecule has 0 bridgehead atoms. The third-order valence-electron chi connectivity index (χ3n) is 4.68. The van der Waals surface area contributed by atoms with Crippen LogP contribution in [0.15, 0.2) is 17.5 Å². The molecule has 0 radical (unpaired) electrons. The second-order valence-corrected chi connectivity index (χ2v) is 8.31. The highest BCUT2D eigenvalue weighted by molar-refractivity contribution is 7.18. The predicted molar refractivity (Wildman–Crippen MR) is 98.0 cm³/mol. The standard InChI is InChI=1S/C17H20N4S2/c1-10-11(2)23-17-15(10)16(18)19-14(20-17)9-21-7-3-5-12(21)13-6-4-8-22-13/h4,6,8,12H,3,5,7,9H2,1-2H3,(H2,18,19,20). The zero-order valence-electron chi connectivity index (χ0n) is 13.4. The van der Waals surface area contributed by atoms with Gasteiger partial charge in [-0.1, -0.05) is 6.07 Å². The van der Waals surface area contributed by atoms with E-state index in [-0.39, 0.29) is 0 Å². The van der Waals surface area contributed by atoms with Gasteiger partial charge in [-0.15, -0.1) is 22.7 Å². The lowest BCUT2D eigenvalue weighted by atomic mass is 10.2. The summed E-state index contributed by atoms with van der Waals surface area (Å²) in [6, 6.07) is 4.87. The molecule has 0 aromatic carbocycles. The highest BCUT2D eigenvalue weighted by Gasteiger charge is 2.27. The normalized spacial score (nSPS) is 19.0. The predicted octanol–water partition coefficient (Wildman–Crippen LogP) is 4.29. The van der Waals surface area contributed by atoms with E-state index in [9.17, 15) is 0 Å². The van der Waals surface area contributed by atoms with E-state index < -0.39 is 0 Å². The van der Waals surface area contributed by atoms with Crippen LogP contribution in [0.4, 0.5) is 5.82 Å². The number of nitrogens with two attached hydrogens (primary N) is 1. The Morgan fingerprint density at radius 2 is 2.22 bits per heavy atom. The monoisotopic (exact) mass is 344 g/mol. The number of nitrogen functional groups attached to an aromatic ring is 1. The SMILES string of the molecule is Cc1sc2nc(CN3CCCC3c3cccs3)nc(N)c2c1C. The summed E-state index contributed by atoms with van der Waals surface area (Å²) >= 11 is 3.56. The van der Waals surface area contributed by atoms with Crippen LogP contribution in [0.2, 0.25) is 0 Å². The van der Waals surface area contributed by atoms with Crippen molar-refractivity contribution < 1.29 is 0 Å². The van der Waals surface area contributed by atoms with E-state index in [0.717, 1.165) is 29.1 Å². The van der Waals surface area contributed by atoms with E-state index in [1.54, 1.807) is 11.3 Å². The molecule has 0 amide bonds. The van der Waals surface area contributed by atoms with Crippen molar-refractivity contribution in [2.45, 2.75) is 39.3 Å². The Kier molecular flexibility index (Phi) is 3.83. The maximum absolute atomic E-state index is 6.21. The fraction of sp³-hybridized carbons (Fsp3) is 0.412. The van der Waals surface area contributed by atoms with Crippen LogP contribution >= 0.6 is 22.7 Å². The lowest BCUT2D eigenvalue weighted by molar-refractivity contribution is 0.246. The molecule has 23 heavy (non-hydrogen) atoms. The first-order valence-electron chi connectivity index (χ1n) is 7.93. The number of hydrogen-bond acceptors (Lipinski definition) is 6. The van der Waals surface area contributed by atoms with E-state index in [0.29, 0.717) is 11.9 Å². The van der Waals surface area contributed by atoms with E-state index >= 15 is 0 Å². The zero-order valence-corrected chi connectivity index (χ0v) is 15.0. The fourth-order valence-corrected chi connectivity index (χ4v) is 5.35. The molecule has 3 aromatic rings. The van der Waals surface area contributed by atoms with E-state index in [1.807, 2.05) is 11.3 Å². The van der Waals surface area contributed by atoms with Crippen LogP contribution in [0, 0.1) is 13.8 Å². The van der Waals surface area contributed by atoms with Gasteiger partial charge in [0.2, 0.25) is 0 Å². The van der Waals surface area contributed by atoms with Gasteiger partial charge in [0.25, 0.3) is 0 Å². The molecule has 1 unspecified atom stereocenters. The molecule has 3 aromatic heterocycles. The number of likely N-dealkylation sites (tertiary alicyclic amines) is 1. The molecule has 6 heteroatoms. The van der Waals surface area contributed by atoms with Gasteiger partial charge in [0.05, 0.1) is 11.9 Å². The van der Waals surface area contributed by atoms with Crippen molar-refractivity contribution in [1.29, 1.82) is 0 Å². The van der Waals surface area contributed by atoms with Crippen molar-refractivity contribution >= 4 is 38.7 Å². The Labute approximate surface area is 144 Å². The highest BCUT2D eigenvalue weighted by atomic mass is 32.1. The van der Waals surface area contributed by atoms with Crippen molar-refractivity contribution in [2.75, 3.05) is 12.3 Å². The number of nitrogens with zero attached hydrogens (tertiary/aromatic N) is 3. The minimum absolute atomic E-state index is 0.502. The Morgan fingerprint density at radius 1 is 1.35 bits per heavy atom. The number of aromatic nitrogens is 2. The molecular weight excluding hydrogens is 324 g/mol. The van der Waals surface area contributed by atoms with Gasteiger partial charge in [0.15, 0.2) is 0 Å². The maximum atomic E-state index is 6.21. The van der Waals surface area contributed by atoms with Crippen LogP contribution in [-0.2, 0) is 6.54 Å². The number of fused-ring (bicyclic) bond motifs is 1. The number of rotatable bonds is 3. The maximum Gasteiger partial charge on any atom is 0.146 e. The minimum atomic E-state index is 0.502. The lowest BCUT2D eigenvalue weighted by Crippen LogP contribution is -2.23. The van der Waals surface area contributed by atoms with Crippen LogP contribution in [-0.4, -0.2) is 21.4 Å². The lowest BCUT2D eigenvalue weighted by Gasteiger charge is -2.22. The molecule has 0 saturated carbocycles. The second-order valence-electron chi connectivity index (χ2n) is 6.13. The first kappa shape index (κ1) is 15.1. The van der Waals surface area contributed by atoms with Crippen LogP contribution in [0.1, 0.15) is 40.0 Å². The van der Waals surface area contributed by atoms with Gasteiger partial charge in [-0.25, -0.2) is 9.97 Å². The molecular formula is C17H20N4S2. The van der Waals surface area contributed by atoms with Gasteiger partial charge in [-0.3, -0.25) is 4.90 Å². The Hall–Kier alpha value is -1.50. The summed E-state index contributed by atoms with van der Waals surface area (Å²) in [5.74, 6) is 1.47. The number of aryl methyl sites for hydroxylation is 2. The van der Waals surface area contributed by atoms with Gasteiger partial charge < -0.3 is 5.73 Å². The van der Waals surface area contributed by atoms with Crippen molar-refractivity contribution in [3.8, 4) is 0 Å². The van der Waals surface area contributed by atoms with Crippen LogP contribution < -0.4 is 5.73 Å². The Morgan fingerprint density at radius 3 is 3.00 bits per heavy atom. The van der Waals surface area contributed by atoms with E-state index in [1.165, 1.54) is 28.2 Å².